The number of aromatic nitrogens is 2. The fourth-order valence-electron chi connectivity index (χ4n) is 2.20. The Kier molecular flexibility index (Phi) is 3.64. The lowest BCUT2D eigenvalue weighted by Gasteiger charge is -2.13. The zero-order valence-electron chi connectivity index (χ0n) is 10.9. The first-order valence-corrected chi connectivity index (χ1v) is 7.57. The van der Waals surface area contributed by atoms with E-state index in [1.807, 2.05) is 6.92 Å². The molecule has 1 unspecified atom stereocenters. The van der Waals surface area contributed by atoms with Gasteiger partial charge in [0.25, 0.3) is 10.0 Å². The number of aliphatic carboxylic acids is 1. The summed E-state index contributed by atoms with van der Waals surface area (Å²) in [4.78, 5) is 14.9. The Balaban J connectivity index is 2.25. The number of carboxylic acid groups (broad SMARTS) is 1. The van der Waals surface area contributed by atoms with Crippen molar-refractivity contribution >= 4 is 16.0 Å². The molecule has 0 radical (unpaired) electrons. The van der Waals surface area contributed by atoms with Crippen molar-refractivity contribution in [3.8, 4) is 0 Å². The van der Waals surface area contributed by atoms with Crippen LogP contribution in [0.4, 0.5) is 0 Å². The number of rotatable bonds is 4. The van der Waals surface area contributed by atoms with Crippen molar-refractivity contribution in [1.82, 2.24) is 13.9 Å². The predicted octanol–water partition coefficient (Wildman–Crippen LogP) is 0.307. The molecule has 1 N–H and O–H groups in total. The topological polar surface area (TPSA) is 92.5 Å². The molecule has 1 aromatic heterocycles. The maximum Gasteiger partial charge on any atom is 0.307 e. The third-order valence-electron chi connectivity index (χ3n) is 3.40. The fourth-order valence-corrected chi connectivity index (χ4v) is 3.70. The minimum atomic E-state index is -3.68. The molecule has 1 saturated heterocycles. The third kappa shape index (κ3) is 2.50. The normalized spacial score (nSPS) is 20.8. The van der Waals surface area contributed by atoms with E-state index in [0.29, 0.717) is 18.8 Å². The third-order valence-corrected chi connectivity index (χ3v) is 5.14. The highest BCUT2D eigenvalue weighted by Gasteiger charge is 2.37. The summed E-state index contributed by atoms with van der Waals surface area (Å²) in [6, 6.07) is 0. The van der Waals surface area contributed by atoms with Crippen molar-refractivity contribution in [2.24, 2.45) is 5.92 Å². The molecule has 2 rings (SSSR count). The van der Waals surface area contributed by atoms with E-state index >= 15 is 0 Å². The van der Waals surface area contributed by atoms with Gasteiger partial charge in [0.2, 0.25) is 0 Å². The van der Waals surface area contributed by atoms with Gasteiger partial charge in [0.1, 0.15) is 5.82 Å². The molecule has 8 heteroatoms. The lowest BCUT2D eigenvalue weighted by atomic mass is 10.1. The molecular weight excluding hydrogens is 270 g/mol. The molecule has 1 aliphatic rings. The van der Waals surface area contributed by atoms with Gasteiger partial charge in [-0.05, 0) is 20.3 Å². The highest BCUT2D eigenvalue weighted by atomic mass is 32.2. The summed E-state index contributed by atoms with van der Waals surface area (Å²) in [7, 11) is -3.68. The van der Waals surface area contributed by atoms with Gasteiger partial charge in [-0.3, -0.25) is 4.79 Å². The van der Waals surface area contributed by atoms with E-state index in [2.05, 4.69) is 4.98 Å². The van der Waals surface area contributed by atoms with Crippen LogP contribution in [0.15, 0.2) is 11.2 Å². The second-order valence-corrected chi connectivity index (χ2v) is 6.48. The van der Waals surface area contributed by atoms with Crippen molar-refractivity contribution in [3.63, 3.8) is 0 Å². The Bertz CT molecular complexity index is 593. The molecule has 0 aromatic carbocycles. The Morgan fingerprint density at radius 2 is 2.26 bits per heavy atom. The lowest BCUT2D eigenvalue weighted by Crippen LogP contribution is -2.30. The molecule has 0 saturated carbocycles. The van der Waals surface area contributed by atoms with Crippen LogP contribution in [0.3, 0.4) is 0 Å². The van der Waals surface area contributed by atoms with Crippen LogP contribution in [0.1, 0.15) is 19.2 Å². The van der Waals surface area contributed by atoms with E-state index in [1.54, 1.807) is 11.5 Å². The molecule has 1 atom stereocenters. The zero-order valence-corrected chi connectivity index (χ0v) is 11.7. The zero-order chi connectivity index (χ0) is 14.2. The van der Waals surface area contributed by atoms with Crippen molar-refractivity contribution in [2.75, 3.05) is 13.1 Å². The summed E-state index contributed by atoms with van der Waals surface area (Å²) >= 11 is 0. The molecule has 19 heavy (non-hydrogen) atoms. The standard InChI is InChI=1S/C11H17N3O4S/c1-3-13-7-10(12-8(13)2)19(17,18)14-5-4-9(6-14)11(15)16/h7,9H,3-6H2,1-2H3,(H,15,16). The largest absolute Gasteiger partial charge is 0.481 e. The van der Waals surface area contributed by atoms with Gasteiger partial charge >= 0.3 is 5.97 Å². The number of nitrogens with zero attached hydrogens (tertiary/aromatic N) is 3. The van der Waals surface area contributed by atoms with E-state index in [9.17, 15) is 13.2 Å². The number of carbonyl (C=O) groups is 1. The first-order valence-electron chi connectivity index (χ1n) is 6.13. The first-order chi connectivity index (χ1) is 8.86. The summed E-state index contributed by atoms with van der Waals surface area (Å²) in [5.41, 5.74) is 0. The van der Waals surface area contributed by atoms with Crippen molar-refractivity contribution in [1.29, 1.82) is 0 Å². The molecular formula is C11H17N3O4S. The number of aryl methyl sites for hydroxylation is 2. The van der Waals surface area contributed by atoms with Crippen molar-refractivity contribution < 1.29 is 18.3 Å². The molecule has 0 amide bonds. The number of hydrogen-bond acceptors (Lipinski definition) is 4. The average molecular weight is 287 g/mol. The number of sulfonamides is 1. The number of imidazole rings is 1. The van der Waals surface area contributed by atoms with Gasteiger partial charge < -0.3 is 9.67 Å². The van der Waals surface area contributed by atoms with Crippen molar-refractivity contribution in [3.05, 3.63) is 12.0 Å². The van der Waals surface area contributed by atoms with Gasteiger partial charge in [0, 0.05) is 25.8 Å². The SMILES string of the molecule is CCn1cc(S(=O)(=O)N2CCC(C(=O)O)C2)nc1C. The van der Waals surface area contributed by atoms with E-state index in [4.69, 9.17) is 5.11 Å². The molecule has 0 bridgehead atoms. The Labute approximate surface area is 111 Å². The second kappa shape index (κ2) is 4.93. The van der Waals surface area contributed by atoms with Gasteiger partial charge in [-0.1, -0.05) is 0 Å². The summed E-state index contributed by atoms with van der Waals surface area (Å²) in [6.45, 7) is 4.55. The van der Waals surface area contributed by atoms with Gasteiger partial charge in [0.05, 0.1) is 5.92 Å². The summed E-state index contributed by atoms with van der Waals surface area (Å²) in [5.74, 6) is -0.938. The van der Waals surface area contributed by atoms with E-state index in [0.717, 1.165) is 0 Å². The molecule has 1 aliphatic heterocycles. The highest BCUT2D eigenvalue weighted by Crippen LogP contribution is 2.24. The van der Waals surface area contributed by atoms with Crippen LogP contribution in [0.2, 0.25) is 0 Å². The molecule has 0 spiro atoms. The highest BCUT2D eigenvalue weighted by molar-refractivity contribution is 7.89. The Morgan fingerprint density at radius 1 is 1.58 bits per heavy atom. The van der Waals surface area contributed by atoms with Gasteiger partial charge in [0.15, 0.2) is 5.03 Å². The van der Waals surface area contributed by atoms with Crippen molar-refractivity contribution in [2.45, 2.75) is 31.8 Å². The summed E-state index contributed by atoms with van der Waals surface area (Å²) in [5, 5.41) is 8.91. The maximum absolute atomic E-state index is 12.3. The van der Waals surface area contributed by atoms with Crippen LogP contribution >= 0.6 is 0 Å². The predicted molar refractivity (Wildman–Crippen MR) is 67.1 cm³/mol. The summed E-state index contributed by atoms with van der Waals surface area (Å²) in [6.07, 6.45) is 1.85. The number of carboxylic acids is 1. The van der Waals surface area contributed by atoms with Crippen LogP contribution in [0.5, 0.6) is 0 Å². The molecule has 0 aliphatic carbocycles. The number of hydrogen-bond donors (Lipinski definition) is 1. The molecule has 2 heterocycles. The van der Waals surface area contributed by atoms with Gasteiger partial charge in [-0.25, -0.2) is 13.4 Å². The Hall–Kier alpha value is -1.41. The molecule has 106 valence electrons. The van der Waals surface area contributed by atoms with Gasteiger partial charge in [-0.15, -0.1) is 0 Å². The monoisotopic (exact) mass is 287 g/mol. The Morgan fingerprint density at radius 3 is 2.74 bits per heavy atom. The van der Waals surface area contributed by atoms with E-state index in [1.165, 1.54) is 10.5 Å². The van der Waals surface area contributed by atoms with E-state index in [-0.39, 0.29) is 18.1 Å². The molecule has 7 nitrogen and oxygen atoms in total. The second-order valence-electron chi connectivity index (χ2n) is 4.60. The summed E-state index contributed by atoms with van der Waals surface area (Å²) < 4.78 is 27.6. The van der Waals surface area contributed by atoms with Crippen LogP contribution in [-0.4, -0.2) is 46.4 Å². The maximum atomic E-state index is 12.3. The van der Waals surface area contributed by atoms with Crippen LogP contribution in [0, 0.1) is 12.8 Å². The van der Waals surface area contributed by atoms with E-state index < -0.39 is 21.9 Å². The smallest absolute Gasteiger partial charge is 0.307 e. The van der Waals surface area contributed by atoms with Crippen LogP contribution in [0.25, 0.3) is 0 Å². The minimum Gasteiger partial charge on any atom is -0.481 e. The van der Waals surface area contributed by atoms with Crippen LogP contribution < -0.4 is 0 Å². The first kappa shape index (κ1) is 14.0. The molecule has 1 aromatic rings. The lowest BCUT2D eigenvalue weighted by molar-refractivity contribution is -0.141. The average Bonchev–Trinajstić information content (AvgIpc) is 2.95. The minimum absolute atomic E-state index is 0.00195. The van der Waals surface area contributed by atoms with Crippen LogP contribution in [-0.2, 0) is 21.4 Å². The van der Waals surface area contributed by atoms with Gasteiger partial charge in [-0.2, -0.15) is 4.31 Å². The fraction of sp³-hybridized carbons (Fsp3) is 0.636. The molecule has 1 fully saturated rings. The quantitative estimate of drug-likeness (QED) is 0.860.